The minimum atomic E-state index is -0.606. The molecule has 0 spiro atoms. The summed E-state index contributed by atoms with van der Waals surface area (Å²) in [5.41, 5.74) is -0.0738. The Morgan fingerprint density at radius 2 is 2.17 bits per heavy atom. The highest BCUT2D eigenvalue weighted by Gasteiger charge is 2.12. The van der Waals surface area contributed by atoms with Gasteiger partial charge in [-0.3, -0.25) is 10.1 Å². The minimum absolute atomic E-state index is 0.0929. The van der Waals surface area contributed by atoms with Crippen LogP contribution < -0.4 is 0 Å². The van der Waals surface area contributed by atoms with Gasteiger partial charge in [0.15, 0.2) is 0 Å². The minimum Gasteiger partial charge on any atom is -0.508 e. The first-order valence-electron chi connectivity index (χ1n) is 3.22. The van der Waals surface area contributed by atoms with Gasteiger partial charge in [0, 0.05) is 6.07 Å². The molecule has 12 heavy (non-hydrogen) atoms. The SMILES string of the molecule is O=[N+]([O-])c1ccc(O)cc1CO. The lowest BCUT2D eigenvalue weighted by Crippen LogP contribution is -1.94. The standard InChI is InChI=1S/C7H7NO4/c9-4-5-3-6(10)1-2-7(5)8(11)12/h1-3,9-10H,4H2. The highest BCUT2D eigenvalue weighted by atomic mass is 16.6. The molecule has 1 aromatic carbocycles. The van der Waals surface area contributed by atoms with Gasteiger partial charge in [0.05, 0.1) is 17.1 Å². The molecule has 0 radical (unpaired) electrons. The monoisotopic (exact) mass is 169 g/mol. The average Bonchev–Trinajstić information content (AvgIpc) is 2.03. The number of phenolic OH excluding ortho intramolecular Hbond substituents is 1. The van der Waals surface area contributed by atoms with Crippen LogP contribution in [0.15, 0.2) is 18.2 Å². The Bertz CT molecular complexity index is 310. The number of nitro groups is 1. The van der Waals surface area contributed by atoms with E-state index >= 15 is 0 Å². The molecule has 5 heteroatoms. The van der Waals surface area contributed by atoms with E-state index in [0.717, 1.165) is 12.1 Å². The van der Waals surface area contributed by atoms with Crippen LogP contribution in [-0.4, -0.2) is 15.1 Å². The van der Waals surface area contributed by atoms with Crippen LogP contribution >= 0.6 is 0 Å². The highest BCUT2D eigenvalue weighted by molar-refractivity contribution is 5.44. The van der Waals surface area contributed by atoms with Gasteiger partial charge in [0.2, 0.25) is 0 Å². The molecule has 0 saturated heterocycles. The van der Waals surface area contributed by atoms with Crippen molar-refractivity contribution < 1.29 is 15.1 Å². The number of phenols is 1. The summed E-state index contributed by atoms with van der Waals surface area (Å²) >= 11 is 0. The molecule has 0 fully saturated rings. The van der Waals surface area contributed by atoms with Crippen molar-refractivity contribution in [1.82, 2.24) is 0 Å². The summed E-state index contributed by atoms with van der Waals surface area (Å²) in [6.45, 7) is -0.454. The third-order valence-electron chi connectivity index (χ3n) is 1.43. The van der Waals surface area contributed by atoms with E-state index in [9.17, 15) is 10.1 Å². The summed E-state index contributed by atoms with van der Waals surface area (Å²) in [7, 11) is 0. The number of hydrogen-bond donors (Lipinski definition) is 2. The van der Waals surface area contributed by atoms with Crippen molar-refractivity contribution in [1.29, 1.82) is 0 Å². The van der Waals surface area contributed by atoms with Gasteiger partial charge in [-0.05, 0) is 12.1 Å². The molecule has 0 aliphatic carbocycles. The van der Waals surface area contributed by atoms with Crippen LogP contribution in [0.3, 0.4) is 0 Å². The highest BCUT2D eigenvalue weighted by Crippen LogP contribution is 2.22. The fraction of sp³-hybridized carbons (Fsp3) is 0.143. The maximum absolute atomic E-state index is 10.3. The van der Waals surface area contributed by atoms with Crippen LogP contribution in [-0.2, 0) is 6.61 Å². The maximum Gasteiger partial charge on any atom is 0.275 e. The largest absolute Gasteiger partial charge is 0.508 e. The Hall–Kier alpha value is -1.62. The Balaban J connectivity index is 3.20. The number of benzene rings is 1. The third-order valence-corrected chi connectivity index (χ3v) is 1.43. The van der Waals surface area contributed by atoms with Gasteiger partial charge in [-0.15, -0.1) is 0 Å². The van der Waals surface area contributed by atoms with E-state index in [1.807, 2.05) is 0 Å². The molecule has 0 unspecified atom stereocenters. The summed E-state index contributed by atoms with van der Waals surface area (Å²) in [6, 6.07) is 3.52. The van der Waals surface area contributed by atoms with Gasteiger partial charge in [0.25, 0.3) is 5.69 Å². The molecule has 0 amide bonds. The summed E-state index contributed by atoms with van der Waals surface area (Å²) in [5, 5.41) is 27.9. The number of aromatic hydroxyl groups is 1. The lowest BCUT2D eigenvalue weighted by molar-refractivity contribution is -0.385. The van der Waals surface area contributed by atoms with Gasteiger partial charge in [-0.2, -0.15) is 0 Å². The van der Waals surface area contributed by atoms with E-state index in [2.05, 4.69) is 0 Å². The smallest absolute Gasteiger partial charge is 0.275 e. The first kappa shape index (κ1) is 8.48. The predicted molar refractivity (Wildman–Crippen MR) is 40.7 cm³/mol. The summed E-state index contributed by atoms with van der Waals surface area (Å²) < 4.78 is 0. The van der Waals surface area contributed by atoms with Crippen molar-refractivity contribution in [2.75, 3.05) is 0 Å². The van der Waals surface area contributed by atoms with Crippen molar-refractivity contribution >= 4 is 5.69 Å². The number of nitrogens with zero attached hydrogens (tertiary/aromatic N) is 1. The van der Waals surface area contributed by atoms with E-state index in [-0.39, 0.29) is 17.0 Å². The van der Waals surface area contributed by atoms with E-state index in [1.54, 1.807) is 0 Å². The zero-order valence-corrected chi connectivity index (χ0v) is 6.10. The third kappa shape index (κ3) is 1.51. The van der Waals surface area contributed by atoms with E-state index in [0.29, 0.717) is 0 Å². The van der Waals surface area contributed by atoms with E-state index in [1.165, 1.54) is 6.07 Å². The normalized spacial score (nSPS) is 9.75. The van der Waals surface area contributed by atoms with Crippen molar-refractivity contribution in [3.05, 3.63) is 33.9 Å². The van der Waals surface area contributed by atoms with Crippen molar-refractivity contribution in [2.45, 2.75) is 6.61 Å². The van der Waals surface area contributed by atoms with Crippen LogP contribution in [0, 0.1) is 10.1 Å². The molecule has 64 valence electrons. The van der Waals surface area contributed by atoms with Crippen molar-refractivity contribution in [3.63, 3.8) is 0 Å². The topological polar surface area (TPSA) is 83.6 Å². The fourth-order valence-corrected chi connectivity index (χ4v) is 0.877. The number of aliphatic hydroxyl groups is 1. The second kappa shape index (κ2) is 3.19. The molecule has 0 atom stereocenters. The second-order valence-electron chi connectivity index (χ2n) is 2.23. The zero-order chi connectivity index (χ0) is 9.14. The second-order valence-corrected chi connectivity index (χ2v) is 2.23. The molecule has 2 N–H and O–H groups in total. The Morgan fingerprint density at radius 3 is 2.67 bits per heavy atom. The molecule has 1 rings (SSSR count). The van der Waals surface area contributed by atoms with Crippen LogP contribution in [0.1, 0.15) is 5.56 Å². The number of aliphatic hydroxyl groups excluding tert-OH is 1. The lowest BCUT2D eigenvalue weighted by Gasteiger charge is -1.98. The van der Waals surface area contributed by atoms with Crippen molar-refractivity contribution in [2.24, 2.45) is 0 Å². The molecule has 5 nitrogen and oxygen atoms in total. The van der Waals surface area contributed by atoms with Crippen LogP contribution in [0.5, 0.6) is 5.75 Å². The summed E-state index contributed by atoms with van der Waals surface area (Å²) in [6.07, 6.45) is 0. The first-order chi connectivity index (χ1) is 5.65. The molecule has 0 aliphatic heterocycles. The van der Waals surface area contributed by atoms with Crippen LogP contribution in [0.4, 0.5) is 5.69 Å². The molecular weight excluding hydrogens is 162 g/mol. The number of nitro benzene ring substituents is 1. The zero-order valence-electron chi connectivity index (χ0n) is 6.10. The number of hydrogen-bond acceptors (Lipinski definition) is 4. The summed E-state index contributed by atoms with van der Waals surface area (Å²) in [5.74, 6) is -0.0929. The summed E-state index contributed by atoms with van der Waals surface area (Å²) in [4.78, 5) is 9.70. The lowest BCUT2D eigenvalue weighted by atomic mass is 10.2. The molecule has 0 saturated carbocycles. The van der Waals surface area contributed by atoms with Gasteiger partial charge >= 0.3 is 0 Å². The quantitative estimate of drug-likeness (QED) is 0.506. The Labute approximate surface area is 68.0 Å². The maximum atomic E-state index is 10.3. The van der Waals surface area contributed by atoms with Crippen molar-refractivity contribution in [3.8, 4) is 5.75 Å². The molecule has 1 aromatic rings. The van der Waals surface area contributed by atoms with Gasteiger partial charge in [-0.25, -0.2) is 0 Å². The fourth-order valence-electron chi connectivity index (χ4n) is 0.877. The Kier molecular flexibility index (Phi) is 2.25. The van der Waals surface area contributed by atoms with Gasteiger partial charge in [0.1, 0.15) is 5.75 Å². The molecule has 0 aliphatic rings. The first-order valence-corrected chi connectivity index (χ1v) is 3.22. The van der Waals surface area contributed by atoms with Crippen LogP contribution in [0.2, 0.25) is 0 Å². The molecule has 0 heterocycles. The molecule has 0 bridgehead atoms. The molecular formula is C7H7NO4. The van der Waals surface area contributed by atoms with Gasteiger partial charge < -0.3 is 10.2 Å². The van der Waals surface area contributed by atoms with Gasteiger partial charge in [-0.1, -0.05) is 0 Å². The predicted octanol–water partition coefficient (Wildman–Crippen LogP) is 0.793. The Morgan fingerprint density at radius 1 is 1.50 bits per heavy atom. The average molecular weight is 169 g/mol. The molecule has 0 aromatic heterocycles. The van der Waals surface area contributed by atoms with E-state index in [4.69, 9.17) is 10.2 Å². The van der Waals surface area contributed by atoms with Crippen LogP contribution in [0.25, 0.3) is 0 Å². The van der Waals surface area contributed by atoms with E-state index < -0.39 is 11.5 Å². The number of rotatable bonds is 2.